The number of nitrogens with one attached hydrogen (secondary N) is 1. The number of aromatic amines is 1. The first-order valence-corrected chi connectivity index (χ1v) is 4.05. The van der Waals surface area contributed by atoms with Gasteiger partial charge in [0.15, 0.2) is 0 Å². The topological polar surface area (TPSA) is 58.1 Å². The van der Waals surface area contributed by atoms with Crippen LogP contribution in [0.25, 0.3) is 0 Å². The molecule has 1 amide bonds. The van der Waals surface area contributed by atoms with Crippen molar-refractivity contribution in [1.82, 2.24) is 14.5 Å². The summed E-state index contributed by atoms with van der Waals surface area (Å²) in [6.07, 6.45) is 3.54. The van der Waals surface area contributed by atoms with Crippen LogP contribution in [0.3, 0.4) is 0 Å². The number of carbonyl (C=O) groups excluding carboxylic acids is 1. The van der Waals surface area contributed by atoms with Crippen LogP contribution in [0, 0.1) is 0 Å². The number of aromatic nitrogens is 2. The fourth-order valence-corrected chi connectivity index (χ4v) is 0.965. The van der Waals surface area contributed by atoms with E-state index in [9.17, 15) is 9.59 Å². The molecule has 1 N–H and O–H groups in total. The third kappa shape index (κ3) is 2.47. The highest BCUT2D eigenvalue weighted by atomic mass is 16.2. The predicted octanol–water partition coefficient (Wildman–Crippen LogP) is -0.345. The molecule has 5 heteroatoms. The van der Waals surface area contributed by atoms with E-state index in [2.05, 4.69) is 4.98 Å². The zero-order valence-electron chi connectivity index (χ0n) is 7.78. The minimum Gasteiger partial charge on any atom is -0.349 e. The largest absolute Gasteiger partial charge is 0.349 e. The molecule has 13 heavy (non-hydrogen) atoms. The quantitative estimate of drug-likeness (QED) is 0.696. The van der Waals surface area contributed by atoms with Crippen molar-refractivity contribution in [3.05, 3.63) is 22.9 Å². The van der Waals surface area contributed by atoms with E-state index in [4.69, 9.17) is 0 Å². The van der Waals surface area contributed by atoms with Gasteiger partial charge in [-0.05, 0) is 0 Å². The molecule has 72 valence electrons. The zero-order chi connectivity index (χ0) is 9.84. The number of imidazole rings is 1. The lowest BCUT2D eigenvalue weighted by Gasteiger charge is -2.09. The number of hydrogen-bond donors (Lipinski definition) is 1. The molecular formula is C8H13N3O2. The fourth-order valence-electron chi connectivity index (χ4n) is 0.965. The number of nitrogens with zero attached hydrogens (tertiary/aromatic N) is 2. The Morgan fingerprint density at radius 2 is 2.31 bits per heavy atom. The standard InChI is InChI=1S/C8H13N3O2/c1-10(2)7(12)3-5-11-6-4-9-8(11)13/h4,6H,3,5H2,1-2H3,(H,9,13). The van der Waals surface area contributed by atoms with Crippen molar-refractivity contribution >= 4 is 5.91 Å². The lowest BCUT2D eigenvalue weighted by molar-refractivity contribution is -0.128. The second-order valence-corrected chi connectivity index (χ2v) is 3.00. The molecule has 0 radical (unpaired) electrons. The molecule has 0 saturated heterocycles. The average Bonchev–Trinajstić information content (AvgIpc) is 2.47. The Balaban J connectivity index is 2.49. The summed E-state index contributed by atoms with van der Waals surface area (Å²) in [5, 5.41) is 0. The summed E-state index contributed by atoms with van der Waals surface area (Å²) in [6.45, 7) is 0.430. The van der Waals surface area contributed by atoms with Gasteiger partial charge in [-0.3, -0.25) is 9.36 Å². The summed E-state index contributed by atoms with van der Waals surface area (Å²) in [5.74, 6) is 0.0214. The fraction of sp³-hybridized carbons (Fsp3) is 0.500. The molecule has 0 fully saturated rings. The molecule has 1 rings (SSSR count). The first kappa shape index (κ1) is 9.57. The monoisotopic (exact) mass is 183 g/mol. The van der Waals surface area contributed by atoms with Crippen molar-refractivity contribution in [3.63, 3.8) is 0 Å². The van der Waals surface area contributed by atoms with Gasteiger partial charge in [-0.2, -0.15) is 0 Å². The molecule has 0 aliphatic carbocycles. The zero-order valence-corrected chi connectivity index (χ0v) is 7.78. The van der Waals surface area contributed by atoms with Crippen molar-refractivity contribution in [2.24, 2.45) is 0 Å². The van der Waals surface area contributed by atoms with Gasteiger partial charge < -0.3 is 9.88 Å². The van der Waals surface area contributed by atoms with Gasteiger partial charge in [-0.1, -0.05) is 0 Å². The van der Waals surface area contributed by atoms with Gasteiger partial charge in [0.1, 0.15) is 0 Å². The van der Waals surface area contributed by atoms with E-state index >= 15 is 0 Å². The Morgan fingerprint density at radius 3 is 2.77 bits per heavy atom. The van der Waals surface area contributed by atoms with Crippen LogP contribution >= 0.6 is 0 Å². The van der Waals surface area contributed by atoms with Crippen LogP contribution in [0.1, 0.15) is 6.42 Å². The first-order chi connectivity index (χ1) is 6.11. The highest BCUT2D eigenvalue weighted by Gasteiger charge is 2.04. The van der Waals surface area contributed by atoms with E-state index in [1.54, 1.807) is 26.5 Å². The third-order valence-electron chi connectivity index (χ3n) is 1.79. The van der Waals surface area contributed by atoms with E-state index in [1.807, 2.05) is 0 Å². The molecule has 0 bridgehead atoms. The van der Waals surface area contributed by atoms with Crippen molar-refractivity contribution in [2.45, 2.75) is 13.0 Å². The van der Waals surface area contributed by atoms with Gasteiger partial charge in [0, 0.05) is 39.5 Å². The Kier molecular flexibility index (Phi) is 2.89. The minimum absolute atomic E-state index is 0.0214. The lowest BCUT2D eigenvalue weighted by Crippen LogP contribution is -2.25. The van der Waals surface area contributed by atoms with Crippen molar-refractivity contribution < 1.29 is 4.79 Å². The summed E-state index contributed by atoms with van der Waals surface area (Å²) in [7, 11) is 3.39. The number of rotatable bonds is 3. The maximum absolute atomic E-state index is 11.1. The van der Waals surface area contributed by atoms with E-state index < -0.39 is 0 Å². The molecule has 0 unspecified atom stereocenters. The van der Waals surface area contributed by atoms with Gasteiger partial charge in [0.2, 0.25) is 5.91 Å². The Hall–Kier alpha value is -1.52. The molecular weight excluding hydrogens is 170 g/mol. The summed E-state index contributed by atoms with van der Waals surface area (Å²) >= 11 is 0. The van der Waals surface area contributed by atoms with Crippen LogP contribution in [0.2, 0.25) is 0 Å². The number of hydrogen-bond acceptors (Lipinski definition) is 2. The average molecular weight is 183 g/mol. The third-order valence-corrected chi connectivity index (χ3v) is 1.79. The van der Waals surface area contributed by atoms with Gasteiger partial charge in [-0.15, -0.1) is 0 Å². The Labute approximate surface area is 76.0 Å². The predicted molar refractivity (Wildman–Crippen MR) is 48.4 cm³/mol. The van der Waals surface area contributed by atoms with Gasteiger partial charge >= 0.3 is 5.69 Å². The van der Waals surface area contributed by atoms with E-state index in [1.165, 1.54) is 9.47 Å². The van der Waals surface area contributed by atoms with Crippen molar-refractivity contribution in [2.75, 3.05) is 14.1 Å². The molecule has 0 aliphatic heterocycles. The summed E-state index contributed by atoms with van der Waals surface area (Å²) < 4.78 is 1.47. The van der Waals surface area contributed by atoms with Crippen LogP contribution in [0.5, 0.6) is 0 Å². The van der Waals surface area contributed by atoms with E-state index in [0.29, 0.717) is 13.0 Å². The molecule has 0 aromatic carbocycles. The summed E-state index contributed by atoms with van der Waals surface area (Å²) in [4.78, 5) is 26.1. The smallest absolute Gasteiger partial charge is 0.325 e. The highest BCUT2D eigenvalue weighted by molar-refractivity contribution is 5.75. The summed E-state index contributed by atoms with van der Waals surface area (Å²) in [5.41, 5.74) is -0.174. The second-order valence-electron chi connectivity index (χ2n) is 3.00. The van der Waals surface area contributed by atoms with Gasteiger partial charge in [0.25, 0.3) is 0 Å². The molecule has 0 atom stereocenters. The second kappa shape index (κ2) is 3.93. The maximum atomic E-state index is 11.1. The van der Waals surface area contributed by atoms with Crippen molar-refractivity contribution in [1.29, 1.82) is 0 Å². The first-order valence-electron chi connectivity index (χ1n) is 4.05. The van der Waals surface area contributed by atoms with E-state index in [0.717, 1.165) is 0 Å². The molecule has 0 spiro atoms. The molecule has 0 saturated carbocycles. The number of aryl methyl sites for hydroxylation is 1. The molecule has 1 heterocycles. The van der Waals surface area contributed by atoms with Crippen LogP contribution in [0.15, 0.2) is 17.2 Å². The van der Waals surface area contributed by atoms with Crippen LogP contribution in [-0.4, -0.2) is 34.5 Å². The highest BCUT2D eigenvalue weighted by Crippen LogP contribution is 1.90. The Bertz CT molecular complexity index is 337. The van der Waals surface area contributed by atoms with Gasteiger partial charge in [-0.25, -0.2) is 4.79 Å². The molecule has 1 aromatic heterocycles. The SMILES string of the molecule is CN(C)C(=O)CCn1cc[nH]c1=O. The molecule has 0 aliphatic rings. The number of carbonyl (C=O) groups is 1. The van der Waals surface area contributed by atoms with E-state index in [-0.39, 0.29) is 11.6 Å². The lowest BCUT2D eigenvalue weighted by atomic mass is 10.4. The minimum atomic E-state index is -0.174. The van der Waals surface area contributed by atoms with Gasteiger partial charge in [0.05, 0.1) is 0 Å². The Morgan fingerprint density at radius 1 is 1.62 bits per heavy atom. The number of amides is 1. The molecule has 5 nitrogen and oxygen atoms in total. The number of H-pyrrole nitrogens is 1. The maximum Gasteiger partial charge on any atom is 0.325 e. The molecule has 1 aromatic rings. The van der Waals surface area contributed by atoms with Crippen LogP contribution in [-0.2, 0) is 11.3 Å². The van der Waals surface area contributed by atoms with Crippen molar-refractivity contribution in [3.8, 4) is 0 Å². The summed E-state index contributed by atoms with van der Waals surface area (Å²) in [6, 6.07) is 0. The van der Waals surface area contributed by atoms with Crippen LogP contribution < -0.4 is 5.69 Å². The normalized spacial score (nSPS) is 10.0. The van der Waals surface area contributed by atoms with Crippen LogP contribution in [0.4, 0.5) is 0 Å².